The summed E-state index contributed by atoms with van der Waals surface area (Å²) in [6.07, 6.45) is 5.30. The van der Waals surface area contributed by atoms with Gasteiger partial charge in [-0.25, -0.2) is 0 Å². The summed E-state index contributed by atoms with van der Waals surface area (Å²) in [6.45, 7) is 0. The highest BCUT2D eigenvalue weighted by Crippen LogP contribution is 2.34. The van der Waals surface area contributed by atoms with E-state index in [9.17, 15) is 4.79 Å². The quantitative estimate of drug-likeness (QED) is 0.670. The zero-order valence-corrected chi connectivity index (χ0v) is 13.1. The van der Waals surface area contributed by atoms with Crippen molar-refractivity contribution in [1.29, 1.82) is 0 Å². The molecule has 4 rings (SSSR count). The number of benzene rings is 1. The third kappa shape index (κ3) is 1.79. The van der Waals surface area contributed by atoms with Crippen LogP contribution in [0, 0.1) is 0 Å². The average Bonchev–Trinajstić information content (AvgIpc) is 3.11. The summed E-state index contributed by atoms with van der Waals surface area (Å²) in [5.41, 5.74) is 3.12. The number of aryl methyl sites for hydroxylation is 2. The molecule has 2 aromatic heterocycles. The first kappa shape index (κ1) is 12.4. The molecule has 0 bridgehead atoms. The summed E-state index contributed by atoms with van der Waals surface area (Å²) in [6, 6.07) is 8.02. The van der Waals surface area contributed by atoms with Crippen molar-refractivity contribution < 1.29 is 4.79 Å². The lowest BCUT2D eigenvalue weighted by Crippen LogP contribution is -1.97. The number of ketones is 1. The van der Waals surface area contributed by atoms with Crippen LogP contribution in [0.5, 0.6) is 0 Å². The second-order valence-electron chi connectivity index (χ2n) is 5.11. The number of carbonyl (C=O) groups is 1. The molecule has 0 unspecified atom stereocenters. The zero-order valence-electron chi connectivity index (χ0n) is 10.7. The highest BCUT2D eigenvalue weighted by molar-refractivity contribution is 9.10. The fourth-order valence-corrected chi connectivity index (χ4v) is 4.68. The van der Waals surface area contributed by atoms with Crippen LogP contribution in [-0.4, -0.2) is 10.8 Å². The number of H-pyrrole nitrogens is 1. The molecule has 0 aliphatic heterocycles. The Morgan fingerprint density at radius 2 is 2.20 bits per heavy atom. The predicted octanol–water partition coefficient (Wildman–Crippen LogP) is 4.71. The van der Waals surface area contributed by atoms with Gasteiger partial charge in [-0.1, -0.05) is 22.0 Å². The highest BCUT2D eigenvalue weighted by atomic mass is 79.9. The Kier molecular flexibility index (Phi) is 2.82. The van der Waals surface area contributed by atoms with Crippen molar-refractivity contribution in [1.82, 2.24) is 4.98 Å². The second kappa shape index (κ2) is 4.57. The van der Waals surface area contributed by atoms with E-state index in [0.29, 0.717) is 0 Å². The SMILES string of the molecule is O=C(c1cc2c(s1)CCC2)c1c[nH]c2cccc(Br)c12. The lowest BCUT2D eigenvalue weighted by molar-refractivity contribution is 0.104. The molecule has 4 heteroatoms. The Labute approximate surface area is 129 Å². The topological polar surface area (TPSA) is 32.9 Å². The molecule has 1 aromatic carbocycles. The number of aromatic amines is 1. The second-order valence-corrected chi connectivity index (χ2v) is 7.10. The molecule has 2 heterocycles. The molecular weight excluding hydrogens is 334 g/mol. The first-order valence-electron chi connectivity index (χ1n) is 6.66. The molecule has 100 valence electrons. The van der Waals surface area contributed by atoms with E-state index in [0.717, 1.165) is 38.7 Å². The Morgan fingerprint density at radius 3 is 3.05 bits per heavy atom. The van der Waals surface area contributed by atoms with E-state index < -0.39 is 0 Å². The normalized spacial score (nSPS) is 13.8. The summed E-state index contributed by atoms with van der Waals surface area (Å²) in [5.74, 6) is 0.127. The van der Waals surface area contributed by atoms with Crippen LogP contribution in [-0.2, 0) is 12.8 Å². The zero-order chi connectivity index (χ0) is 13.7. The van der Waals surface area contributed by atoms with Crippen LogP contribution in [0.15, 0.2) is 34.9 Å². The van der Waals surface area contributed by atoms with Gasteiger partial charge in [0, 0.05) is 32.0 Å². The summed E-state index contributed by atoms with van der Waals surface area (Å²) in [5, 5.41) is 0.978. The van der Waals surface area contributed by atoms with Crippen LogP contribution in [0.25, 0.3) is 10.9 Å². The maximum Gasteiger partial charge on any atom is 0.205 e. The van der Waals surface area contributed by atoms with Gasteiger partial charge in [-0.3, -0.25) is 4.79 Å². The minimum absolute atomic E-state index is 0.127. The minimum atomic E-state index is 0.127. The third-order valence-corrected chi connectivity index (χ3v) is 5.77. The average molecular weight is 346 g/mol. The van der Waals surface area contributed by atoms with Gasteiger partial charge in [-0.15, -0.1) is 11.3 Å². The summed E-state index contributed by atoms with van der Waals surface area (Å²) in [4.78, 5) is 18.2. The first-order chi connectivity index (χ1) is 9.74. The lowest BCUT2D eigenvalue weighted by Gasteiger charge is -1.99. The maximum absolute atomic E-state index is 12.7. The largest absolute Gasteiger partial charge is 0.360 e. The predicted molar refractivity (Wildman–Crippen MR) is 85.8 cm³/mol. The first-order valence-corrected chi connectivity index (χ1v) is 8.27. The molecule has 1 aliphatic carbocycles. The Balaban J connectivity index is 1.84. The summed E-state index contributed by atoms with van der Waals surface area (Å²) >= 11 is 5.21. The van der Waals surface area contributed by atoms with Crippen molar-refractivity contribution in [3.8, 4) is 0 Å². The molecule has 0 atom stereocenters. The van der Waals surface area contributed by atoms with Gasteiger partial charge in [-0.2, -0.15) is 0 Å². The van der Waals surface area contributed by atoms with Gasteiger partial charge >= 0.3 is 0 Å². The third-order valence-electron chi connectivity index (χ3n) is 3.87. The van der Waals surface area contributed by atoms with E-state index in [4.69, 9.17) is 0 Å². The van der Waals surface area contributed by atoms with E-state index in [1.165, 1.54) is 16.9 Å². The van der Waals surface area contributed by atoms with E-state index >= 15 is 0 Å². The van der Waals surface area contributed by atoms with E-state index in [2.05, 4.69) is 27.0 Å². The van der Waals surface area contributed by atoms with Crippen molar-refractivity contribution >= 4 is 44.0 Å². The smallest absolute Gasteiger partial charge is 0.205 e. The number of nitrogens with one attached hydrogen (secondary N) is 1. The molecule has 0 fully saturated rings. The molecule has 3 aromatic rings. The Hall–Kier alpha value is -1.39. The van der Waals surface area contributed by atoms with Crippen LogP contribution in [0.2, 0.25) is 0 Å². The fourth-order valence-electron chi connectivity index (χ4n) is 2.89. The summed E-state index contributed by atoms with van der Waals surface area (Å²) < 4.78 is 0.962. The Bertz CT molecular complexity index is 809. The van der Waals surface area contributed by atoms with Gasteiger partial charge in [-0.05, 0) is 43.0 Å². The molecule has 0 amide bonds. The number of fused-ring (bicyclic) bond motifs is 2. The lowest BCUT2D eigenvalue weighted by atomic mass is 10.1. The molecule has 0 saturated heterocycles. The molecule has 1 N–H and O–H groups in total. The number of hydrogen-bond donors (Lipinski definition) is 1. The molecule has 1 aliphatic rings. The number of halogens is 1. The van der Waals surface area contributed by atoms with E-state index in [1.54, 1.807) is 11.3 Å². The number of rotatable bonds is 2. The van der Waals surface area contributed by atoms with Gasteiger partial charge in [0.15, 0.2) is 0 Å². The number of aromatic nitrogens is 1. The van der Waals surface area contributed by atoms with Crippen LogP contribution in [0.1, 0.15) is 32.1 Å². The van der Waals surface area contributed by atoms with Crippen LogP contribution in [0.4, 0.5) is 0 Å². The fraction of sp³-hybridized carbons (Fsp3) is 0.188. The van der Waals surface area contributed by atoms with Gasteiger partial charge in [0.1, 0.15) is 0 Å². The molecule has 2 nitrogen and oxygen atoms in total. The van der Waals surface area contributed by atoms with Crippen LogP contribution < -0.4 is 0 Å². The molecule has 20 heavy (non-hydrogen) atoms. The monoisotopic (exact) mass is 345 g/mol. The Morgan fingerprint density at radius 1 is 1.30 bits per heavy atom. The highest BCUT2D eigenvalue weighted by Gasteiger charge is 2.21. The van der Waals surface area contributed by atoms with Crippen molar-refractivity contribution in [3.05, 3.63) is 55.8 Å². The number of hydrogen-bond acceptors (Lipinski definition) is 2. The van der Waals surface area contributed by atoms with E-state index in [-0.39, 0.29) is 5.78 Å². The standard InChI is InChI=1S/C16H12BrNOS/c17-11-4-2-5-12-15(11)10(8-18-12)16(19)14-7-9-3-1-6-13(9)20-14/h2,4-5,7-8,18H,1,3,6H2. The van der Waals surface area contributed by atoms with Gasteiger partial charge < -0.3 is 4.98 Å². The van der Waals surface area contributed by atoms with Crippen molar-refractivity contribution in [2.75, 3.05) is 0 Å². The minimum Gasteiger partial charge on any atom is -0.360 e. The summed E-state index contributed by atoms with van der Waals surface area (Å²) in [7, 11) is 0. The molecule has 0 radical (unpaired) electrons. The van der Waals surface area contributed by atoms with Crippen molar-refractivity contribution in [3.63, 3.8) is 0 Å². The number of carbonyl (C=O) groups excluding carboxylic acids is 1. The van der Waals surface area contributed by atoms with Crippen molar-refractivity contribution in [2.45, 2.75) is 19.3 Å². The van der Waals surface area contributed by atoms with E-state index in [1.807, 2.05) is 24.4 Å². The van der Waals surface area contributed by atoms with Crippen LogP contribution >= 0.6 is 27.3 Å². The van der Waals surface area contributed by atoms with Gasteiger partial charge in [0.25, 0.3) is 0 Å². The number of thiophene rings is 1. The molecular formula is C16H12BrNOS. The van der Waals surface area contributed by atoms with Gasteiger partial charge in [0.2, 0.25) is 5.78 Å². The van der Waals surface area contributed by atoms with Crippen LogP contribution in [0.3, 0.4) is 0 Å². The maximum atomic E-state index is 12.7. The van der Waals surface area contributed by atoms with Crippen molar-refractivity contribution in [2.24, 2.45) is 0 Å². The molecule has 0 spiro atoms. The van der Waals surface area contributed by atoms with Gasteiger partial charge in [0.05, 0.1) is 4.88 Å². The molecule has 0 saturated carbocycles.